The lowest BCUT2D eigenvalue weighted by atomic mass is 10.0. The summed E-state index contributed by atoms with van der Waals surface area (Å²) in [5.41, 5.74) is 0. The van der Waals surface area contributed by atoms with E-state index in [1.807, 2.05) is 6.08 Å². The largest absolute Gasteiger partial charge is 0.458 e. The topological polar surface area (TPSA) is 95.9 Å². The van der Waals surface area contributed by atoms with Crippen LogP contribution in [0.1, 0.15) is 207 Å². The van der Waals surface area contributed by atoms with E-state index in [0.717, 1.165) is 96.3 Å². The lowest BCUT2D eigenvalue weighted by Gasteiger charge is -2.23. The number of aliphatic hydroxyl groups is 2. The van der Waals surface area contributed by atoms with E-state index in [1.54, 1.807) is 6.08 Å². The molecule has 3 unspecified atom stereocenters. The molecule has 1 amide bonds. The van der Waals surface area contributed by atoms with Gasteiger partial charge in [0.1, 0.15) is 6.10 Å². The lowest BCUT2D eigenvalue weighted by molar-refractivity contribution is -0.148. The normalized spacial score (nSPS) is 14.3. The van der Waals surface area contributed by atoms with E-state index in [1.165, 1.54) is 64.2 Å². The monoisotopic (exact) mass is 886 g/mol. The molecular formula is C58H95NO5. The van der Waals surface area contributed by atoms with Crippen LogP contribution in [0.3, 0.4) is 0 Å². The minimum Gasteiger partial charge on any atom is -0.458 e. The van der Waals surface area contributed by atoms with Crippen molar-refractivity contribution in [1.29, 1.82) is 0 Å². The molecule has 0 fully saturated rings. The third-order valence-corrected chi connectivity index (χ3v) is 10.9. The van der Waals surface area contributed by atoms with Crippen molar-refractivity contribution in [1.82, 2.24) is 5.32 Å². The van der Waals surface area contributed by atoms with Gasteiger partial charge in [-0.3, -0.25) is 9.59 Å². The fourth-order valence-corrected chi connectivity index (χ4v) is 6.97. The van der Waals surface area contributed by atoms with Crippen molar-refractivity contribution < 1.29 is 24.5 Å². The van der Waals surface area contributed by atoms with Crippen LogP contribution in [0.4, 0.5) is 0 Å². The second kappa shape index (κ2) is 50.3. The smallest absolute Gasteiger partial charge is 0.306 e. The Labute approximate surface area is 393 Å². The molecule has 3 atom stereocenters. The summed E-state index contributed by atoms with van der Waals surface area (Å²) in [6.07, 6.45) is 70.0. The molecule has 0 radical (unpaired) electrons. The van der Waals surface area contributed by atoms with E-state index >= 15 is 0 Å². The van der Waals surface area contributed by atoms with Gasteiger partial charge in [-0.1, -0.05) is 233 Å². The van der Waals surface area contributed by atoms with Gasteiger partial charge in [-0.15, -0.1) is 0 Å². The first kappa shape index (κ1) is 60.3. The number of ether oxygens (including phenoxy) is 1. The summed E-state index contributed by atoms with van der Waals surface area (Å²) in [5.74, 6) is -0.669. The van der Waals surface area contributed by atoms with Crippen LogP contribution < -0.4 is 5.32 Å². The summed E-state index contributed by atoms with van der Waals surface area (Å²) in [4.78, 5) is 26.1. The second-order valence-electron chi connectivity index (χ2n) is 16.9. The minimum atomic E-state index is -0.831. The Hall–Kier alpha value is -3.74. The maximum absolute atomic E-state index is 13.2. The molecule has 0 bridgehead atoms. The number of carbonyl (C=O) groups excluding carboxylic acids is 2. The van der Waals surface area contributed by atoms with Crippen LogP contribution in [0.2, 0.25) is 0 Å². The molecule has 0 aromatic carbocycles. The number of hydrogen-bond donors (Lipinski definition) is 3. The van der Waals surface area contributed by atoms with Crippen LogP contribution in [-0.4, -0.2) is 46.9 Å². The highest BCUT2D eigenvalue weighted by atomic mass is 16.5. The Bertz CT molecular complexity index is 1360. The zero-order valence-corrected chi connectivity index (χ0v) is 41.1. The quantitative estimate of drug-likeness (QED) is 0.0245. The minimum absolute atomic E-state index is 0.0649. The molecule has 6 nitrogen and oxygen atoms in total. The molecule has 0 heterocycles. The first-order valence-electron chi connectivity index (χ1n) is 25.8. The van der Waals surface area contributed by atoms with E-state index in [2.05, 4.69) is 135 Å². The van der Waals surface area contributed by atoms with Crippen molar-refractivity contribution in [2.24, 2.45) is 0 Å². The molecule has 0 saturated heterocycles. The maximum atomic E-state index is 13.2. The Morgan fingerprint density at radius 1 is 0.500 bits per heavy atom. The predicted molar refractivity (Wildman–Crippen MR) is 277 cm³/mol. The van der Waals surface area contributed by atoms with E-state index in [4.69, 9.17) is 4.74 Å². The fraction of sp³-hybridized carbons (Fsp3) is 0.621. The molecule has 0 aromatic heterocycles. The molecular weight excluding hydrogens is 791 g/mol. The summed E-state index contributed by atoms with van der Waals surface area (Å²) in [5, 5.41) is 23.6. The number of unbranched alkanes of at least 4 members (excludes halogenated alkanes) is 17. The summed E-state index contributed by atoms with van der Waals surface area (Å²) < 4.78 is 5.81. The maximum Gasteiger partial charge on any atom is 0.306 e. The molecule has 0 aliphatic carbocycles. The third kappa shape index (κ3) is 44.9. The molecule has 0 rings (SSSR count). The van der Waals surface area contributed by atoms with Gasteiger partial charge < -0.3 is 20.3 Å². The van der Waals surface area contributed by atoms with Crippen LogP contribution in [0, 0.1) is 0 Å². The lowest BCUT2D eigenvalue weighted by Crippen LogP contribution is -2.46. The highest BCUT2D eigenvalue weighted by Crippen LogP contribution is 2.15. The molecule has 6 heteroatoms. The standard InChI is InChI=1S/C58H95NO5/c1-4-7-10-13-16-19-22-24-26-28-30-32-34-36-39-42-45-48-51-58(63)64-54(49-46-43-40-37-35-33-31-29-27-25-23-20-17-14-11-8-5-2)52-57(62)59-55(53-60)56(61)50-47-44-41-38-21-18-15-12-9-6-3/h8,11,16-17,19-20,22,24-28,30-33,37,40,46,49,54-56,60-61H,4-7,9-10,12-15,18,21,23,29,34-36,38-39,41-45,47-48,50-53H2,1-3H3,(H,59,62)/b11-8-,19-16+,20-17-,24-22+,27-25-,28-26+,32-30+,33-31-,40-37-,49-46-. The van der Waals surface area contributed by atoms with Crippen LogP contribution in [0.25, 0.3) is 0 Å². The number of allylic oxidation sites excluding steroid dienone is 19. The summed E-state index contributed by atoms with van der Waals surface area (Å²) in [6, 6.07) is -0.755. The van der Waals surface area contributed by atoms with Crippen molar-refractivity contribution in [3.8, 4) is 0 Å². The molecule has 0 spiro atoms. The SMILES string of the molecule is CC/C=C\C/C=C\C/C=C\C/C=C\C/C=C\C/C=C\C(CC(=O)NC(CO)C(O)CCCCCCCCCCCC)OC(=O)CCCCCCC/C=C/C=C/C=C/C=C/CCCCC. The number of carbonyl (C=O) groups is 2. The van der Waals surface area contributed by atoms with E-state index in [9.17, 15) is 19.8 Å². The number of rotatable bonds is 44. The molecule has 0 aliphatic rings. The van der Waals surface area contributed by atoms with Crippen LogP contribution >= 0.6 is 0 Å². The Morgan fingerprint density at radius 2 is 0.922 bits per heavy atom. The van der Waals surface area contributed by atoms with Crippen molar-refractivity contribution in [3.63, 3.8) is 0 Å². The van der Waals surface area contributed by atoms with E-state index in [-0.39, 0.29) is 24.9 Å². The van der Waals surface area contributed by atoms with E-state index in [0.29, 0.717) is 19.3 Å². The molecule has 3 N–H and O–H groups in total. The zero-order chi connectivity index (χ0) is 46.7. The number of amides is 1. The molecule has 64 heavy (non-hydrogen) atoms. The van der Waals surface area contributed by atoms with Gasteiger partial charge in [0.05, 0.1) is 25.2 Å². The van der Waals surface area contributed by atoms with Gasteiger partial charge in [0.2, 0.25) is 5.91 Å². The molecule has 0 aliphatic heterocycles. The third-order valence-electron chi connectivity index (χ3n) is 10.9. The van der Waals surface area contributed by atoms with Gasteiger partial charge in [0.15, 0.2) is 0 Å². The van der Waals surface area contributed by atoms with Crippen molar-refractivity contribution in [3.05, 3.63) is 122 Å². The predicted octanol–water partition coefficient (Wildman–Crippen LogP) is 15.7. The van der Waals surface area contributed by atoms with Crippen LogP contribution in [0.15, 0.2) is 122 Å². The number of esters is 1. The first-order chi connectivity index (χ1) is 31.5. The molecule has 362 valence electrons. The summed E-state index contributed by atoms with van der Waals surface area (Å²) in [6.45, 7) is 6.26. The molecule has 0 saturated carbocycles. The second-order valence-corrected chi connectivity index (χ2v) is 16.9. The van der Waals surface area contributed by atoms with Crippen LogP contribution in [0.5, 0.6) is 0 Å². The van der Waals surface area contributed by atoms with Gasteiger partial charge >= 0.3 is 5.97 Å². The van der Waals surface area contributed by atoms with E-state index < -0.39 is 18.2 Å². The van der Waals surface area contributed by atoms with Gasteiger partial charge in [-0.05, 0) is 83.1 Å². The van der Waals surface area contributed by atoms with Crippen molar-refractivity contribution in [2.45, 2.75) is 225 Å². The van der Waals surface area contributed by atoms with Crippen LogP contribution in [-0.2, 0) is 14.3 Å². The van der Waals surface area contributed by atoms with Crippen molar-refractivity contribution >= 4 is 11.9 Å². The highest BCUT2D eigenvalue weighted by Gasteiger charge is 2.23. The Morgan fingerprint density at radius 3 is 1.44 bits per heavy atom. The average Bonchev–Trinajstić information content (AvgIpc) is 3.29. The number of aliphatic hydroxyl groups excluding tert-OH is 2. The molecule has 0 aromatic rings. The first-order valence-corrected chi connectivity index (χ1v) is 25.8. The fourth-order valence-electron chi connectivity index (χ4n) is 6.97. The Kier molecular flexibility index (Phi) is 47.3. The van der Waals surface area contributed by atoms with Gasteiger partial charge in [-0.2, -0.15) is 0 Å². The van der Waals surface area contributed by atoms with Gasteiger partial charge in [-0.25, -0.2) is 0 Å². The summed E-state index contributed by atoms with van der Waals surface area (Å²) in [7, 11) is 0. The number of nitrogens with one attached hydrogen (secondary N) is 1. The van der Waals surface area contributed by atoms with Gasteiger partial charge in [0.25, 0.3) is 0 Å². The zero-order valence-electron chi connectivity index (χ0n) is 41.1. The van der Waals surface area contributed by atoms with Crippen molar-refractivity contribution in [2.75, 3.05) is 6.61 Å². The summed E-state index contributed by atoms with van der Waals surface area (Å²) >= 11 is 0. The van der Waals surface area contributed by atoms with Gasteiger partial charge in [0, 0.05) is 6.42 Å². The average molecular weight is 886 g/mol. The Balaban J connectivity index is 4.85. The highest BCUT2D eigenvalue weighted by molar-refractivity contribution is 5.78. The number of hydrogen-bond acceptors (Lipinski definition) is 5.